The number of aromatic amines is 1. The van der Waals surface area contributed by atoms with Gasteiger partial charge in [0, 0.05) is 24.6 Å². The van der Waals surface area contributed by atoms with Gasteiger partial charge in [-0.25, -0.2) is 4.98 Å². The molecule has 2 rings (SSSR count). The molecule has 0 fully saturated rings. The predicted octanol–water partition coefficient (Wildman–Crippen LogP) is 1.95. The highest BCUT2D eigenvalue weighted by Crippen LogP contribution is 2.15. The number of para-hydroxylation sites is 1. The van der Waals surface area contributed by atoms with E-state index in [2.05, 4.69) is 32.4 Å². The van der Waals surface area contributed by atoms with E-state index in [1.807, 2.05) is 26.0 Å². The van der Waals surface area contributed by atoms with Crippen molar-refractivity contribution in [3.8, 4) is 0 Å². The lowest BCUT2D eigenvalue weighted by atomic mass is 10.1. The summed E-state index contributed by atoms with van der Waals surface area (Å²) in [5.41, 5.74) is 1.36. The standard InChI is InChI=1S/C18H23N5O2/c1-4-16(24)20-14-8-6-5-7-13(14)11-17(25)19-10-9-15-21-18(12(2)3)23-22-15/h4-8,12H,1,9-11H2,2-3H3,(H,19,25)(H,20,24)(H,21,22,23). The van der Waals surface area contributed by atoms with Crippen molar-refractivity contribution in [3.05, 3.63) is 54.1 Å². The molecule has 1 aromatic carbocycles. The molecule has 0 aliphatic carbocycles. The summed E-state index contributed by atoms with van der Waals surface area (Å²) in [5.74, 6) is 1.36. The van der Waals surface area contributed by atoms with Crippen molar-refractivity contribution >= 4 is 17.5 Å². The molecule has 132 valence electrons. The largest absolute Gasteiger partial charge is 0.355 e. The van der Waals surface area contributed by atoms with Crippen molar-refractivity contribution in [1.29, 1.82) is 0 Å². The van der Waals surface area contributed by atoms with Crippen LogP contribution in [0.5, 0.6) is 0 Å². The highest BCUT2D eigenvalue weighted by atomic mass is 16.2. The Morgan fingerprint density at radius 1 is 1.32 bits per heavy atom. The minimum absolute atomic E-state index is 0.121. The molecule has 1 aromatic heterocycles. The second-order valence-corrected chi connectivity index (χ2v) is 5.92. The Balaban J connectivity index is 1.85. The van der Waals surface area contributed by atoms with Crippen LogP contribution in [0.3, 0.4) is 0 Å². The summed E-state index contributed by atoms with van der Waals surface area (Å²) in [6.07, 6.45) is 1.96. The van der Waals surface area contributed by atoms with Gasteiger partial charge in [0.2, 0.25) is 11.8 Å². The molecule has 1 heterocycles. The number of aromatic nitrogens is 3. The van der Waals surface area contributed by atoms with E-state index >= 15 is 0 Å². The summed E-state index contributed by atoms with van der Waals surface area (Å²) < 4.78 is 0. The Morgan fingerprint density at radius 3 is 2.76 bits per heavy atom. The molecule has 0 aliphatic rings. The Morgan fingerprint density at radius 2 is 2.08 bits per heavy atom. The first-order chi connectivity index (χ1) is 12.0. The van der Waals surface area contributed by atoms with E-state index in [4.69, 9.17) is 0 Å². The summed E-state index contributed by atoms with van der Waals surface area (Å²) >= 11 is 0. The maximum absolute atomic E-state index is 12.1. The molecule has 2 aromatic rings. The Labute approximate surface area is 146 Å². The predicted molar refractivity (Wildman–Crippen MR) is 96.2 cm³/mol. The summed E-state index contributed by atoms with van der Waals surface area (Å²) in [7, 11) is 0. The van der Waals surface area contributed by atoms with Gasteiger partial charge in [-0.05, 0) is 17.7 Å². The van der Waals surface area contributed by atoms with Gasteiger partial charge in [0.25, 0.3) is 0 Å². The fourth-order valence-electron chi connectivity index (χ4n) is 2.22. The van der Waals surface area contributed by atoms with Crippen LogP contribution >= 0.6 is 0 Å². The summed E-state index contributed by atoms with van der Waals surface area (Å²) in [5, 5.41) is 12.6. The number of hydrogen-bond donors (Lipinski definition) is 3. The van der Waals surface area contributed by atoms with Crippen LogP contribution in [-0.4, -0.2) is 33.5 Å². The molecule has 7 nitrogen and oxygen atoms in total. The number of carbonyl (C=O) groups excluding carboxylic acids is 2. The van der Waals surface area contributed by atoms with Crippen LogP contribution in [0, 0.1) is 0 Å². The molecule has 0 saturated carbocycles. The number of amides is 2. The van der Waals surface area contributed by atoms with Crippen LogP contribution in [0.25, 0.3) is 0 Å². The van der Waals surface area contributed by atoms with Gasteiger partial charge in [0.05, 0.1) is 6.42 Å². The first-order valence-corrected chi connectivity index (χ1v) is 8.18. The van der Waals surface area contributed by atoms with Crippen LogP contribution in [-0.2, 0) is 22.4 Å². The molecular formula is C18H23N5O2. The minimum Gasteiger partial charge on any atom is -0.355 e. The highest BCUT2D eigenvalue weighted by Gasteiger charge is 2.10. The maximum atomic E-state index is 12.1. The monoisotopic (exact) mass is 341 g/mol. The van der Waals surface area contributed by atoms with Gasteiger partial charge in [-0.15, -0.1) is 0 Å². The number of rotatable bonds is 8. The average molecular weight is 341 g/mol. The fourth-order valence-corrected chi connectivity index (χ4v) is 2.22. The smallest absolute Gasteiger partial charge is 0.247 e. The molecule has 0 bridgehead atoms. The first-order valence-electron chi connectivity index (χ1n) is 8.18. The number of hydrogen-bond acceptors (Lipinski definition) is 4. The molecule has 25 heavy (non-hydrogen) atoms. The van der Waals surface area contributed by atoms with Crippen LogP contribution < -0.4 is 10.6 Å². The lowest BCUT2D eigenvalue weighted by molar-refractivity contribution is -0.120. The number of benzene rings is 1. The topological polar surface area (TPSA) is 99.8 Å². The highest BCUT2D eigenvalue weighted by molar-refractivity contribution is 5.99. The Hall–Kier alpha value is -2.96. The van der Waals surface area contributed by atoms with E-state index in [-0.39, 0.29) is 24.2 Å². The number of anilines is 1. The van der Waals surface area contributed by atoms with Crippen molar-refractivity contribution in [2.75, 3.05) is 11.9 Å². The third-order valence-corrected chi connectivity index (χ3v) is 3.56. The van der Waals surface area contributed by atoms with Gasteiger partial charge in [0.15, 0.2) is 5.82 Å². The fraction of sp³-hybridized carbons (Fsp3) is 0.333. The molecule has 3 N–H and O–H groups in total. The van der Waals surface area contributed by atoms with Crippen molar-refractivity contribution < 1.29 is 9.59 Å². The van der Waals surface area contributed by atoms with Crippen molar-refractivity contribution in [3.63, 3.8) is 0 Å². The molecule has 0 aliphatic heterocycles. The van der Waals surface area contributed by atoms with E-state index in [1.165, 1.54) is 6.08 Å². The van der Waals surface area contributed by atoms with Crippen molar-refractivity contribution in [2.45, 2.75) is 32.6 Å². The molecule has 0 radical (unpaired) electrons. The van der Waals surface area contributed by atoms with Gasteiger partial charge in [0.1, 0.15) is 5.82 Å². The second-order valence-electron chi connectivity index (χ2n) is 5.92. The van der Waals surface area contributed by atoms with E-state index in [9.17, 15) is 9.59 Å². The quantitative estimate of drug-likeness (QED) is 0.639. The van der Waals surface area contributed by atoms with E-state index in [1.54, 1.807) is 12.1 Å². The average Bonchev–Trinajstić information content (AvgIpc) is 3.05. The van der Waals surface area contributed by atoms with Crippen molar-refractivity contribution in [2.24, 2.45) is 0 Å². The normalized spacial score (nSPS) is 10.5. The number of nitrogens with one attached hydrogen (secondary N) is 3. The molecule has 7 heteroatoms. The van der Waals surface area contributed by atoms with Gasteiger partial charge >= 0.3 is 0 Å². The van der Waals surface area contributed by atoms with Crippen LogP contribution in [0.15, 0.2) is 36.9 Å². The lowest BCUT2D eigenvalue weighted by Crippen LogP contribution is -2.28. The van der Waals surface area contributed by atoms with E-state index in [0.717, 1.165) is 17.2 Å². The third kappa shape index (κ3) is 5.56. The van der Waals surface area contributed by atoms with Gasteiger partial charge < -0.3 is 10.6 Å². The number of H-pyrrole nitrogens is 1. The molecule has 0 atom stereocenters. The molecule has 0 saturated heterocycles. The maximum Gasteiger partial charge on any atom is 0.247 e. The third-order valence-electron chi connectivity index (χ3n) is 3.56. The zero-order valence-electron chi connectivity index (χ0n) is 14.5. The van der Waals surface area contributed by atoms with E-state index in [0.29, 0.717) is 18.7 Å². The number of carbonyl (C=O) groups is 2. The SMILES string of the molecule is C=CC(=O)Nc1ccccc1CC(=O)NCCc1nc(C(C)C)n[nH]1. The summed E-state index contributed by atoms with van der Waals surface area (Å²) in [6, 6.07) is 7.19. The lowest BCUT2D eigenvalue weighted by Gasteiger charge is -2.10. The van der Waals surface area contributed by atoms with Crippen molar-refractivity contribution in [1.82, 2.24) is 20.5 Å². The van der Waals surface area contributed by atoms with Crippen LogP contribution in [0.2, 0.25) is 0 Å². The number of nitrogens with zero attached hydrogens (tertiary/aromatic N) is 2. The molecule has 0 spiro atoms. The molecule has 2 amide bonds. The van der Waals surface area contributed by atoms with Gasteiger partial charge in [-0.3, -0.25) is 14.7 Å². The van der Waals surface area contributed by atoms with E-state index < -0.39 is 0 Å². The second kappa shape index (κ2) is 8.77. The Kier molecular flexibility index (Phi) is 6.45. The molecular weight excluding hydrogens is 318 g/mol. The summed E-state index contributed by atoms with van der Waals surface area (Å²) in [6.45, 7) is 7.94. The zero-order chi connectivity index (χ0) is 18.2. The first kappa shape index (κ1) is 18.4. The van der Waals surface area contributed by atoms with Gasteiger partial charge in [-0.1, -0.05) is 38.6 Å². The zero-order valence-corrected chi connectivity index (χ0v) is 14.5. The van der Waals surface area contributed by atoms with Crippen LogP contribution in [0.1, 0.15) is 37.0 Å². The minimum atomic E-state index is -0.306. The Bertz CT molecular complexity index is 751. The molecule has 0 unspecified atom stereocenters. The summed E-state index contributed by atoms with van der Waals surface area (Å²) in [4.78, 5) is 28.0. The van der Waals surface area contributed by atoms with Crippen LogP contribution in [0.4, 0.5) is 5.69 Å². The van der Waals surface area contributed by atoms with Gasteiger partial charge in [-0.2, -0.15) is 5.10 Å².